The molecule has 0 amide bonds. The molecule has 1 aliphatic heterocycles. The summed E-state index contributed by atoms with van der Waals surface area (Å²) in [6.07, 6.45) is 2.61. The zero-order valence-electron chi connectivity index (χ0n) is 13.8. The third kappa shape index (κ3) is 3.24. The fourth-order valence-corrected chi connectivity index (χ4v) is 3.55. The second-order valence-electron chi connectivity index (χ2n) is 7.28. The van der Waals surface area contributed by atoms with Gasteiger partial charge in [-0.1, -0.05) is 26.0 Å². The largest absolute Gasteiger partial charge is 0.329 e. The van der Waals surface area contributed by atoms with Gasteiger partial charge < -0.3 is 5.73 Å². The first kappa shape index (κ1) is 15.5. The standard InChI is InChI=1S/C18H30N2/c1-13-9-15(3)16(10-14(13)2)17(11-19)20-8-6-7-18(4,5)12-20/h9-10,17H,6-8,11-12,19H2,1-5H3. The lowest BCUT2D eigenvalue weighted by Gasteiger charge is -2.42. The van der Waals surface area contributed by atoms with Gasteiger partial charge in [0.05, 0.1) is 0 Å². The molecular formula is C18H30N2. The van der Waals surface area contributed by atoms with Crippen LogP contribution < -0.4 is 5.73 Å². The fourth-order valence-electron chi connectivity index (χ4n) is 3.55. The number of hydrogen-bond donors (Lipinski definition) is 1. The lowest BCUT2D eigenvalue weighted by Crippen LogP contribution is -2.44. The van der Waals surface area contributed by atoms with E-state index in [1.165, 1.54) is 41.6 Å². The first-order valence-corrected chi connectivity index (χ1v) is 7.86. The van der Waals surface area contributed by atoms with Crippen LogP contribution in [0, 0.1) is 26.2 Å². The molecule has 0 radical (unpaired) electrons. The Bertz CT molecular complexity index is 477. The predicted molar refractivity (Wildman–Crippen MR) is 87.0 cm³/mol. The van der Waals surface area contributed by atoms with Crippen LogP contribution in [0.25, 0.3) is 0 Å². The summed E-state index contributed by atoms with van der Waals surface area (Å²) in [7, 11) is 0. The summed E-state index contributed by atoms with van der Waals surface area (Å²) in [4.78, 5) is 2.60. The van der Waals surface area contributed by atoms with Gasteiger partial charge >= 0.3 is 0 Å². The van der Waals surface area contributed by atoms with E-state index in [1.54, 1.807) is 0 Å². The van der Waals surface area contributed by atoms with Gasteiger partial charge in [-0.05, 0) is 67.8 Å². The van der Waals surface area contributed by atoms with E-state index in [0.29, 0.717) is 18.0 Å². The maximum absolute atomic E-state index is 6.14. The van der Waals surface area contributed by atoms with Crippen molar-refractivity contribution in [1.29, 1.82) is 0 Å². The van der Waals surface area contributed by atoms with E-state index in [0.717, 1.165) is 6.54 Å². The summed E-state index contributed by atoms with van der Waals surface area (Å²) >= 11 is 0. The molecule has 0 aliphatic carbocycles. The molecule has 0 bridgehead atoms. The smallest absolute Gasteiger partial charge is 0.0473 e. The molecule has 1 aromatic carbocycles. The SMILES string of the molecule is Cc1cc(C)c(C(CN)N2CCCC(C)(C)C2)cc1C. The molecule has 2 nitrogen and oxygen atoms in total. The van der Waals surface area contributed by atoms with Crippen LogP contribution in [0.3, 0.4) is 0 Å². The van der Waals surface area contributed by atoms with Gasteiger partial charge in [0.1, 0.15) is 0 Å². The molecule has 1 aliphatic rings. The Kier molecular flexibility index (Phi) is 4.55. The predicted octanol–water partition coefficient (Wildman–Crippen LogP) is 3.73. The van der Waals surface area contributed by atoms with Crippen LogP contribution in [0.2, 0.25) is 0 Å². The third-order valence-electron chi connectivity index (χ3n) is 4.84. The second kappa shape index (κ2) is 5.87. The molecule has 1 heterocycles. The van der Waals surface area contributed by atoms with Gasteiger partial charge in [-0.2, -0.15) is 0 Å². The Morgan fingerprint density at radius 2 is 1.80 bits per heavy atom. The van der Waals surface area contributed by atoms with Gasteiger partial charge in [0.25, 0.3) is 0 Å². The number of rotatable bonds is 3. The summed E-state index contributed by atoms with van der Waals surface area (Å²) in [5.41, 5.74) is 12.1. The quantitative estimate of drug-likeness (QED) is 0.910. The molecule has 0 spiro atoms. The van der Waals surface area contributed by atoms with Gasteiger partial charge in [0.2, 0.25) is 0 Å². The van der Waals surface area contributed by atoms with Crippen molar-refractivity contribution in [2.45, 2.75) is 53.5 Å². The van der Waals surface area contributed by atoms with E-state index in [9.17, 15) is 0 Å². The highest BCUT2D eigenvalue weighted by atomic mass is 15.2. The third-order valence-corrected chi connectivity index (χ3v) is 4.84. The fraction of sp³-hybridized carbons (Fsp3) is 0.667. The Morgan fingerprint density at radius 3 is 2.40 bits per heavy atom. The monoisotopic (exact) mass is 274 g/mol. The Balaban J connectivity index is 2.30. The van der Waals surface area contributed by atoms with Crippen LogP contribution in [0.4, 0.5) is 0 Å². The van der Waals surface area contributed by atoms with Crippen LogP contribution in [-0.4, -0.2) is 24.5 Å². The van der Waals surface area contributed by atoms with E-state index in [4.69, 9.17) is 5.73 Å². The van der Waals surface area contributed by atoms with Crippen LogP contribution >= 0.6 is 0 Å². The lowest BCUT2D eigenvalue weighted by atomic mass is 9.82. The van der Waals surface area contributed by atoms with Gasteiger partial charge in [-0.15, -0.1) is 0 Å². The topological polar surface area (TPSA) is 29.3 Å². The highest BCUT2D eigenvalue weighted by molar-refractivity contribution is 5.38. The van der Waals surface area contributed by atoms with Crippen molar-refractivity contribution >= 4 is 0 Å². The molecule has 2 rings (SSSR count). The summed E-state index contributed by atoms with van der Waals surface area (Å²) in [6.45, 7) is 14.4. The molecule has 1 saturated heterocycles. The normalized spacial score (nSPS) is 20.9. The summed E-state index contributed by atoms with van der Waals surface area (Å²) < 4.78 is 0. The highest BCUT2D eigenvalue weighted by Crippen LogP contribution is 2.34. The van der Waals surface area contributed by atoms with Crippen molar-refractivity contribution in [3.63, 3.8) is 0 Å². The van der Waals surface area contributed by atoms with Crippen molar-refractivity contribution < 1.29 is 0 Å². The molecule has 1 aromatic rings. The van der Waals surface area contributed by atoms with Crippen molar-refractivity contribution in [2.75, 3.05) is 19.6 Å². The molecule has 0 saturated carbocycles. The Labute approximate surface area is 124 Å². The van der Waals surface area contributed by atoms with Crippen molar-refractivity contribution in [1.82, 2.24) is 4.90 Å². The van der Waals surface area contributed by atoms with Gasteiger partial charge in [-0.3, -0.25) is 4.90 Å². The van der Waals surface area contributed by atoms with Crippen LogP contribution in [0.5, 0.6) is 0 Å². The summed E-state index contributed by atoms with van der Waals surface area (Å²) in [6, 6.07) is 5.03. The molecule has 1 unspecified atom stereocenters. The molecular weight excluding hydrogens is 244 g/mol. The van der Waals surface area contributed by atoms with Crippen LogP contribution in [0.15, 0.2) is 12.1 Å². The van der Waals surface area contributed by atoms with E-state index in [-0.39, 0.29) is 0 Å². The van der Waals surface area contributed by atoms with Gasteiger partial charge in [0.15, 0.2) is 0 Å². The number of benzene rings is 1. The van der Waals surface area contributed by atoms with E-state index < -0.39 is 0 Å². The summed E-state index contributed by atoms with van der Waals surface area (Å²) in [5.74, 6) is 0. The average molecular weight is 274 g/mol. The van der Waals surface area contributed by atoms with Gasteiger partial charge in [0, 0.05) is 19.1 Å². The Hall–Kier alpha value is -0.860. The van der Waals surface area contributed by atoms with Crippen LogP contribution in [0.1, 0.15) is 55.0 Å². The first-order chi connectivity index (χ1) is 9.34. The first-order valence-electron chi connectivity index (χ1n) is 7.86. The molecule has 2 heteroatoms. The zero-order chi connectivity index (χ0) is 14.9. The number of nitrogens with two attached hydrogens (primary N) is 1. The summed E-state index contributed by atoms with van der Waals surface area (Å²) in [5, 5.41) is 0. The zero-order valence-corrected chi connectivity index (χ0v) is 13.8. The number of piperidine rings is 1. The molecule has 112 valence electrons. The minimum atomic E-state index is 0.369. The van der Waals surface area contributed by atoms with E-state index in [1.807, 2.05) is 0 Å². The number of likely N-dealkylation sites (tertiary alicyclic amines) is 1. The second-order valence-corrected chi connectivity index (χ2v) is 7.28. The van der Waals surface area contributed by atoms with Crippen molar-refractivity contribution in [3.8, 4) is 0 Å². The highest BCUT2D eigenvalue weighted by Gasteiger charge is 2.31. The van der Waals surface area contributed by atoms with Crippen molar-refractivity contribution in [3.05, 3.63) is 34.4 Å². The van der Waals surface area contributed by atoms with Crippen molar-refractivity contribution in [2.24, 2.45) is 11.1 Å². The number of hydrogen-bond acceptors (Lipinski definition) is 2. The van der Waals surface area contributed by atoms with E-state index >= 15 is 0 Å². The molecule has 1 fully saturated rings. The minimum absolute atomic E-state index is 0.369. The molecule has 1 atom stereocenters. The maximum atomic E-state index is 6.14. The van der Waals surface area contributed by atoms with E-state index in [2.05, 4.69) is 51.7 Å². The molecule has 2 N–H and O–H groups in total. The minimum Gasteiger partial charge on any atom is -0.329 e. The van der Waals surface area contributed by atoms with Gasteiger partial charge in [-0.25, -0.2) is 0 Å². The number of nitrogens with zero attached hydrogens (tertiary/aromatic N) is 1. The number of aryl methyl sites for hydroxylation is 3. The maximum Gasteiger partial charge on any atom is 0.0473 e. The lowest BCUT2D eigenvalue weighted by molar-refractivity contribution is 0.0804. The molecule has 20 heavy (non-hydrogen) atoms. The Morgan fingerprint density at radius 1 is 1.15 bits per heavy atom. The average Bonchev–Trinajstić information content (AvgIpc) is 2.35. The van der Waals surface area contributed by atoms with Crippen LogP contribution in [-0.2, 0) is 0 Å². The molecule has 0 aromatic heterocycles.